The van der Waals surface area contributed by atoms with Crippen LogP contribution in [0.4, 0.5) is 8.78 Å². The van der Waals surface area contributed by atoms with E-state index in [0.717, 1.165) is 37.1 Å². The first-order valence-corrected chi connectivity index (χ1v) is 12.0. The van der Waals surface area contributed by atoms with Crippen molar-refractivity contribution in [2.75, 3.05) is 7.11 Å². The second kappa shape index (κ2) is 10.5. The smallest absolute Gasteiger partial charge is 0.228 e. The fourth-order valence-corrected chi connectivity index (χ4v) is 4.16. The number of rotatable bonds is 9. The highest BCUT2D eigenvalue weighted by molar-refractivity contribution is 5.80. The van der Waals surface area contributed by atoms with E-state index in [0.29, 0.717) is 29.3 Å². The van der Waals surface area contributed by atoms with Gasteiger partial charge >= 0.3 is 0 Å². The number of halogens is 2. The van der Waals surface area contributed by atoms with Crippen molar-refractivity contribution in [2.24, 2.45) is 5.92 Å². The molecule has 0 bridgehead atoms. The third kappa shape index (κ3) is 5.16. The van der Waals surface area contributed by atoms with E-state index in [9.17, 15) is 13.6 Å². The molecule has 1 amide bonds. The Bertz CT molecular complexity index is 1190. The summed E-state index contributed by atoms with van der Waals surface area (Å²) in [5.41, 5.74) is 2.13. The summed E-state index contributed by atoms with van der Waals surface area (Å²) < 4.78 is 41.1. The van der Waals surface area contributed by atoms with Crippen molar-refractivity contribution in [1.29, 1.82) is 0 Å². The van der Waals surface area contributed by atoms with Crippen LogP contribution in [0.1, 0.15) is 51.3 Å². The predicted molar refractivity (Wildman–Crippen MR) is 129 cm³/mol. The molecule has 0 spiro atoms. The Morgan fingerprint density at radius 2 is 1.89 bits per heavy atom. The van der Waals surface area contributed by atoms with Crippen molar-refractivity contribution < 1.29 is 23.0 Å². The van der Waals surface area contributed by atoms with Gasteiger partial charge in [0.15, 0.2) is 11.6 Å². The molecule has 6 nitrogen and oxygen atoms in total. The molecule has 186 valence electrons. The van der Waals surface area contributed by atoms with Crippen molar-refractivity contribution in [1.82, 2.24) is 14.7 Å². The molecule has 1 saturated carbocycles. The molecule has 0 N–H and O–H groups in total. The van der Waals surface area contributed by atoms with Crippen LogP contribution in [-0.4, -0.2) is 33.7 Å². The lowest BCUT2D eigenvalue weighted by atomic mass is 9.84. The highest BCUT2D eigenvalue weighted by Gasteiger charge is 2.33. The van der Waals surface area contributed by atoms with Crippen LogP contribution in [0.25, 0.3) is 5.69 Å². The van der Waals surface area contributed by atoms with E-state index < -0.39 is 11.6 Å². The van der Waals surface area contributed by atoms with Gasteiger partial charge in [-0.05, 0) is 69.5 Å². The summed E-state index contributed by atoms with van der Waals surface area (Å²) in [7, 11) is 1.59. The molecule has 1 heterocycles. The molecule has 8 heteroatoms. The summed E-state index contributed by atoms with van der Waals surface area (Å²) in [6, 6.07) is 10.4. The van der Waals surface area contributed by atoms with Crippen LogP contribution < -0.4 is 9.47 Å². The number of methoxy groups -OCH3 is 1. The molecule has 0 aliphatic heterocycles. The van der Waals surface area contributed by atoms with Crippen LogP contribution in [0.2, 0.25) is 0 Å². The predicted octanol–water partition coefficient (Wildman–Crippen LogP) is 6.05. The van der Waals surface area contributed by atoms with Gasteiger partial charge in [-0.15, -0.1) is 0 Å². The SMILES string of the molecule is CCc1nn(-c2ccc(OC)cc2)c(Oc2ccc(F)cc2F)c1CN(C(=O)C1CCC1)C(C)C. The van der Waals surface area contributed by atoms with Gasteiger partial charge in [-0.3, -0.25) is 4.79 Å². The van der Waals surface area contributed by atoms with Gasteiger partial charge in [-0.25, -0.2) is 13.5 Å². The summed E-state index contributed by atoms with van der Waals surface area (Å²) in [6.45, 7) is 6.22. The first-order valence-electron chi connectivity index (χ1n) is 12.0. The van der Waals surface area contributed by atoms with Crippen LogP contribution in [-0.2, 0) is 17.8 Å². The van der Waals surface area contributed by atoms with Crippen LogP contribution in [0.5, 0.6) is 17.4 Å². The normalized spacial score (nSPS) is 13.6. The van der Waals surface area contributed by atoms with Gasteiger partial charge in [0.05, 0.1) is 30.6 Å². The van der Waals surface area contributed by atoms with Crippen LogP contribution in [0.15, 0.2) is 42.5 Å². The van der Waals surface area contributed by atoms with Gasteiger partial charge < -0.3 is 14.4 Å². The highest BCUT2D eigenvalue weighted by Crippen LogP contribution is 2.36. The van der Waals surface area contributed by atoms with E-state index in [1.807, 2.05) is 37.8 Å². The summed E-state index contributed by atoms with van der Waals surface area (Å²) in [5.74, 6) is -0.493. The minimum atomic E-state index is -0.817. The molecule has 35 heavy (non-hydrogen) atoms. The monoisotopic (exact) mass is 483 g/mol. The number of carbonyl (C=O) groups is 1. The molecular weight excluding hydrogens is 452 g/mol. The van der Waals surface area contributed by atoms with Gasteiger partial charge in [0.1, 0.15) is 11.6 Å². The number of hydrogen-bond donors (Lipinski definition) is 0. The van der Waals surface area contributed by atoms with E-state index in [2.05, 4.69) is 0 Å². The third-order valence-electron chi connectivity index (χ3n) is 6.46. The van der Waals surface area contributed by atoms with E-state index in [4.69, 9.17) is 14.6 Å². The number of hydrogen-bond acceptors (Lipinski definition) is 4. The molecule has 1 aromatic heterocycles. The van der Waals surface area contributed by atoms with Gasteiger partial charge in [0.25, 0.3) is 0 Å². The van der Waals surface area contributed by atoms with Crippen molar-refractivity contribution in [2.45, 2.75) is 59.0 Å². The van der Waals surface area contributed by atoms with Gasteiger partial charge in [-0.2, -0.15) is 5.10 Å². The standard InChI is InChI=1S/C27H31F2N3O3/c1-5-24-22(16-31(17(2)3)26(33)18-7-6-8-18)27(35-25-14-9-19(28)15-23(25)29)32(30-24)20-10-12-21(34-4)13-11-20/h9-15,17-18H,5-8,16H2,1-4H3. The molecular formula is C27H31F2N3O3. The minimum Gasteiger partial charge on any atom is -0.497 e. The molecule has 0 atom stereocenters. The highest BCUT2D eigenvalue weighted by atomic mass is 19.1. The second-order valence-electron chi connectivity index (χ2n) is 9.06. The topological polar surface area (TPSA) is 56.6 Å². The largest absolute Gasteiger partial charge is 0.497 e. The number of ether oxygens (including phenoxy) is 2. The number of nitrogens with zero attached hydrogens (tertiary/aromatic N) is 3. The zero-order valence-electron chi connectivity index (χ0n) is 20.6. The van der Waals surface area contributed by atoms with Crippen molar-refractivity contribution >= 4 is 5.91 Å². The Balaban J connectivity index is 1.81. The first-order chi connectivity index (χ1) is 16.8. The molecule has 4 rings (SSSR count). The van der Waals surface area contributed by atoms with Crippen LogP contribution in [0.3, 0.4) is 0 Å². The Hall–Kier alpha value is -3.42. The fourth-order valence-electron chi connectivity index (χ4n) is 4.16. The maximum Gasteiger partial charge on any atom is 0.228 e. The fraction of sp³-hybridized carbons (Fsp3) is 0.407. The molecule has 1 aliphatic carbocycles. The second-order valence-corrected chi connectivity index (χ2v) is 9.06. The average Bonchev–Trinajstić information content (AvgIpc) is 3.14. The molecule has 1 fully saturated rings. The molecule has 0 unspecified atom stereocenters. The van der Waals surface area contributed by atoms with Crippen molar-refractivity contribution in [3.63, 3.8) is 0 Å². The maximum absolute atomic E-state index is 14.6. The molecule has 1 aliphatic rings. The molecule has 0 radical (unpaired) electrons. The van der Waals surface area contributed by atoms with Gasteiger partial charge in [0, 0.05) is 18.0 Å². The Morgan fingerprint density at radius 3 is 2.43 bits per heavy atom. The zero-order valence-corrected chi connectivity index (χ0v) is 20.6. The average molecular weight is 484 g/mol. The summed E-state index contributed by atoms with van der Waals surface area (Å²) >= 11 is 0. The molecule has 3 aromatic rings. The summed E-state index contributed by atoms with van der Waals surface area (Å²) in [4.78, 5) is 15.1. The minimum absolute atomic E-state index is 0.0347. The third-order valence-corrected chi connectivity index (χ3v) is 6.46. The van der Waals surface area contributed by atoms with Crippen LogP contribution >= 0.6 is 0 Å². The number of amides is 1. The van der Waals surface area contributed by atoms with Crippen molar-refractivity contribution in [3.8, 4) is 23.1 Å². The number of aromatic nitrogens is 2. The first kappa shape index (κ1) is 24.7. The van der Waals surface area contributed by atoms with Crippen LogP contribution in [0, 0.1) is 17.6 Å². The van der Waals surface area contributed by atoms with E-state index in [-0.39, 0.29) is 30.2 Å². The maximum atomic E-state index is 14.6. The van der Waals surface area contributed by atoms with Gasteiger partial charge in [-0.1, -0.05) is 13.3 Å². The number of benzene rings is 2. The molecule has 0 saturated heterocycles. The van der Waals surface area contributed by atoms with Gasteiger partial charge in [0.2, 0.25) is 11.8 Å². The number of aryl methyl sites for hydroxylation is 1. The lowest BCUT2D eigenvalue weighted by Gasteiger charge is -2.34. The van der Waals surface area contributed by atoms with E-state index in [1.165, 1.54) is 6.07 Å². The molecule has 2 aromatic carbocycles. The quantitative estimate of drug-likeness (QED) is 0.372. The van der Waals surface area contributed by atoms with E-state index >= 15 is 0 Å². The summed E-state index contributed by atoms with van der Waals surface area (Å²) in [6.07, 6.45) is 3.45. The lowest BCUT2D eigenvalue weighted by Crippen LogP contribution is -2.42. The Labute approximate surface area is 204 Å². The van der Waals surface area contributed by atoms with Crippen molar-refractivity contribution in [3.05, 3.63) is 65.4 Å². The zero-order chi connectivity index (χ0) is 25.1. The Kier molecular flexibility index (Phi) is 7.38. The summed E-state index contributed by atoms with van der Waals surface area (Å²) in [5, 5.41) is 4.76. The Morgan fingerprint density at radius 1 is 1.17 bits per heavy atom. The number of carbonyl (C=O) groups excluding carboxylic acids is 1. The van der Waals surface area contributed by atoms with E-state index in [1.54, 1.807) is 23.9 Å². The lowest BCUT2D eigenvalue weighted by molar-refractivity contribution is -0.140.